The van der Waals surface area contributed by atoms with Crippen molar-refractivity contribution in [3.63, 3.8) is 0 Å². The molecule has 0 heterocycles. The molecule has 0 radical (unpaired) electrons. The number of aliphatic carboxylic acids is 1. The first-order valence-corrected chi connectivity index (χ1v) is 2.93. The van der Waals surface area contributed by atoms with Crippen LogP contribution in [-0.2, 0) is 4.79 Å². The Kier molecular flexibility index (Phi) is 2.57. The van der Waals surface area contributed by atoms with E-state index >= 15 is 0 Å². The van der Waals surface area contributed by atoms with Crippen LogP contribution in [0.1, 0.15) is 13.8 Å². The molecule has 58 valence electrons. The molecule has 0 saturated heterocycles. The molecule has 1 N–H and O–H groups in total. The average molecular weight is 146 g/mol. The highest BCUT2D eigenvalue weighted by Crippen LogP contribution is 2.24. The van der Waals surface area contributed by atoms with E-state index in [1.54, 1.807) is 0 Å². The Bertz CT molecular complexity index is 152. The molecule has 10 heavy (non-hydrogen) atoms. The van der Waals surface area contributed by atoms with Gasteiger partial charge in [-0.2, -0.15) is 0 Å². The van der Waals surface area contributed by atoms with Crippen molar-refractivity contribution in [1.82, 2.24) is 0 Å². The average Bonchev–Trinajstić information content (AvgIpc) is 1.86. The maximum absolute atomic E-state index is 12.7. The molecule has 0 amide bonds. The maximum Gasteiger partial charge on any atom is 0.312 e. The van der Waals surface area contributed by atoms with Crippen molar-refractivity contribution in [2.24, 2.45) is 5.41 Å². The van der Waals surface area contributed by atoms with E-state index in [1.165, 1.54) is 13.8 Å². The third-order valence-corrected chi connectivity index (χ3v) is 1.45. The Morgan fingerprint density at radius 2 is 2.20 bits per heavy atom. The molecule has 0 rings (SSSR count). The summed E-state index contributed by atoms with van der Waals surface area (Å²) in [5, 5.41) is 8.46. The zero-order valence-corrected chi connectivity index (χ0v) is 6.10. The van der Waals surface area contributed by atoms with Gasteiger partial charge >= 0.3 is 5.97 Å². The number of carboxylic acid groups (broad SMARTS) is 1. The Morgan fingerprint density at radius 1 is 1.80 bits per heavy atom. The first-order chi connectivity index (χ1) is 4.42. The van der Waals surface area contributed by atoms with Crippen LogP contribution in [0.4, 0.5) is 4.39 Å². The highest BCUT2D eigenvalue weighted by Gasteiger charge is 2.35. The second-order valence-electron chi connectivity index (χ2n) is 2.66. The quantitative estimate of drug-likeness (QED) is 0.614. The predicted molar refractivity (Wildman–Crippen MR) is 36.5 cm³/mol. The van der Waals surface area contributed by atoms with Crippen LogP contribution in [0.2, 0.25) is 0 Å². The topological polar surface area (TPSA) is 37.3 Å². The molecular weight excluding hydrogens is 135 g/mol. The van der Waals surface area contributed by atoms with Crippen molar-refractivity contribution >= 4 is 5.97 Å². The SMILES string of the molecule is C=C[C@H](F)C(C)(C)C(=O)O. The second kappa shape index (κ2) is 2.82. The highest BCUT2D eigenvalue weighted by molar-refractivity contribution is 5.74. The number of halogens is 1. The molecule has 0 aromatic heterocycles. The molecule has 0 aliphatic carbocycles. The van der Waals surface area contributed by atoms with Gasteiger partial charge in [0.25, 0.3) is 0 Å². The molecule has 0 aliphatic rings. The van der Waals surface area contributed by atoms with Crippen LogP contribution in [0.15, 0.2) is 12.7 Å². The first-order valence-electron chi connectivity index (χ1n) is 2.93. The fourth-order valence-corrected chi connectivity index (χ4v) is 0.413. The van der Waals surface area contributed by atoms with Gasteiger partial charge in [-0.15, -0.1) is 6.58 Å². The van der Waals surface area contributed by atoms with Crippen LogP contribution in [0, 0.1) is 5.41 Å². The Labute approximate surface area is 59.4 Å². The van der Waals surface area contributed by atoms with Gasteiger partial charge in [0.1, 0.15) is 6.17 Å². The van der Waals surface area contributed by atoms with Crippen molar-refractivity contribution in [1.29, 1.82) is 0 Å². The summed E-state index contributed by atoms with van der Waals surface area (Å²) >= 11 is 0. The lowest BCUT2D eigenvalue weighted by Gasteiger charge is -2.20. The summed E-state index contributed by atoms with van der Waals surface area (Å²) in [6, 6.07) is 0. The van der Waals surface area contributed by atoms with E-state index in [0.29, 0.717) is 0 Å². The van der Waals surface area contributed by atoms with Crippen LogP contribution >= 0.6 is 0 Å². The molecule has 1 atom stereocenters. The predicted octanol–water partition coefficient (Wildman–Crippen LogP) is 1.62. The Balaban J connectivity index is 4.38. The van der Waals surface area contributed by atoms with Gasteiger partial charge in [0.15, 0.2) is 0 Å². The molecule has 0 aromatic carbocycles. The fourth-order valence-electron chi connectivity index (χ4n) is 0.413. The van der Waals surface area contributed by atoms with E-state index in [0.717, 1.165) is 6.08 Å². The van der Waals surface area contributed by atoms with Gasteiger partial charge in [-0.25, -0.2) is 4.39 Å². The van der Waals surface area contributed by atoms with Crippen molar-refractivity contribution in [2.75, 3.05) is 0 Å². The minimum Gasteiger partial charge on any atom is -0.481 e. The van der Waals surface area contributed by atoms with E-state index < -0.39 is 17.6 Å². The maximum atomic E-state index is 12.7. The van der Waals surface area contributed by atoms with Gasteiger partial charge in [0.05, 0.1) is 5.41 Å². The molecule has 2 nitrogen and oxygen atoms in total. The number of hydrogen-bond acceptors (Lipinski definition) is 1. The molecule has 0 aliphatic heterocycles. The van der Waals surface area contributed by atoms with Crippen LogP contribution in [0.3, 0.4) is 0 Å². The van der Waals surface area contributed by atoms with Gasteiger partial charge in [-0.05, 0) is 13.8 Å². The molecule has 0 unspecified atom stereocenters. The normalized spacial score (nSPS) is 14.3. The zero-order valence-electron chi connectivity index (χ0n) is 6.10. The summed E-state index contributed by atoms with van der Waals surface area (Å²) in [6.07, 6.45) is -0.501. The number of carbonyl (C=O) groups is 1. The van der Waals surface area contributed by atoms with Gasteiger partial charge in [-0.3, -0.25) is 4.79 Å². The summed E-state index contributed by atoms with van der Waals surface area (Å²) < 4.78 is 12.7. The van der Waals surface area contributed by atoms with E-state index in [2.05, 4.69) is 6.58 Å². The summed E-state index contributed by atoms with van der Waals surface area (Å²) in [5.41, 5.74) is -1.36. The number of rotatable bonds is 3. The zero-order chi connectivity index (χ0) is 8.36. The Hall–Kier alpha value is -0.860. The lowest BCUT2D eigenvalue weighted by Crippen LogP contribution is -2.32. The molecule has 3 heteroatoms. The smallest absolute Gasteiger partial charge is 0.312 e. The summed E-state index contributed by atoms with van der Waals surface area (Å²) in [7, 11) is 0. The minimum atomic E-state index is -1.50. The third kappa shape index (κ3) is 1.56. The van der Waals surface area contributed by atoms with E-state index in [4.69, 9.17) is 5.11 Å². The van der Waals surface area contributed by atoms with Crippen LogP contribution < -0.4 is 0 Å². The largest absolute Gasteiger partial charge is 0.481 e. The number of allylic oxidation sites excluding steroid dienone is 1. The fraction of sp³-hybridized carbons (Fsp3) is 0.571. The molecule has 0 saturated carbocycles. The van der Waals surface area contributed by atoms with Crippen molar-refractivity contribution in [3.8, 4) is 0 Å². The molecule has 0 bridgehead atoms. The number of hydrogen-bond donors (Lipinski definition) is 1. The molecule has 0 aromatic rings. The summed E-state index contributed by atoms with van der Waals surface area (Å²) in [6.45, 7) is 5.81. The van der Waals surface area contributed by atoms with Crippen molar-refractivity contribution < 1.29 is 14.3 Å². The lowest BCUT2D eigenvalue weighted by atomic mass is 9.88. The monoisotopic (exact) mass is 146 g/mol. The van der Waals surface area contributed by atoms with Gasteiger partial charge in [-0.1, -0.05) is 6.08 Å². The standard InChI is InChI=1S/C7H11FO2/c1-4-5(8)7(2,3)6(9)10/h4-5H,1H2,2-3H3,(H,9,10)/t5-/m0/s1. The van der Waals surface area contributed by atoms with Gasteiger partial charge < -0.3 is 5.11 Å². The van der Waals surface area contributed by atoms with Crippen LogP contribution in [-0.4, -0.2) is 17.2 Å². The van der Waals surface area contributed by atoms with Gasteiger partial charge in [0.2, 0.25) is 0 Å². The third-order valence-electron chi connectivity index (χ3n) is 1.45. The first kappa shape index (κ1) is 9.14. The van der Waals surface area contributed by atoms with E-state index in [1.807, 2.05) is 0 Å². The van der Waals surface area contributed by atoms with Crippen LogP contribution in [0.25, 0.3) is 0 Å². The second-order valence-corrected chi connectivity index (χ2v) is 2.66. The molecule has 0 fully saturated rings. The number of carboxylic acids is 1. The van der Waals surface area contributed by atoms with Crippen molar-refractivity contribution in [2.45, 2.75) is 20.0 Å². The van der Waals surface area contributed by atoms with Gasteiger partial charge in [0, 0.05) is 0 Å². The summed E-state index contributed by atoms with van der Waals surface area (Å²) in [5.74, 6) is -1.15. The lowest BCUT2D eigenvalue weighted by molar-refractivity contribution is -0.149. The minimum absolute atomic E-state index is 0.994. The van der Waals surface area contributed by atoms with E-state index in [9.17, 15) is 9.18 Å². The number of alkyl halides is 1. The van der Waals surface area contributed by atoms with Crippen LogP contribution in [0.5, 0.6) is 0 Å². The van der Waals surface area contributed by atoms with Crippen molar-refractivity contribution in [3.05, 3.63) is 12.7 Å². The summed E-state index contributed by atoms with van der Waals surface area (Å²) in [4.78, 5) is 10.3. The van der Waals surface area contributed by atoms with E-state index in [-0.39, 0.29) is 0 Å². The molecular formula is C7H11FO2. The molecule has 0 spiro atoms. The Morgan fingerprint density at radius 3 is 2.30 bits per heavy atom. The highest BCUT2D eigenvalue weighted by atomic mass is 19.1.